The molecular weight excluding hydrogens is 243 g/mol. The highest BCUT2D eigenvalue weighted by Crippen LogP contribution is 2.32. The largest absolute Gasteiger partial charge is 0.490 e. The van der Waals surface area contributed by atoms with Crippen molar-refractivity contribution >= 4 is 11.4 Å². The number of nitrogens with two attached hydrogens (primary N) is 1. The molecule has 0 aliphatic carbocycles. The van der Waals surface area contributed by atoms with Crippen LogP contribution in [-0.4, -0.2) is 19.7 Å². The first-order valence-electron chi connectivity index (χ1n) is 6.95. The number of nitrogens with zero attached hydrogens (tertiary/aromatic N) is 1. The Bertz CT molecular complexity index is 409. The third kappa shape index (κ3) is 4.01. The minimum Gasteiger partial charge on any atom is -0.490 e. The monoisotopic (exact) mass is 268 g/mol. The first kappa shape index (κ1) is 15.6. The molecule has 0 radical (unpaired) electrons. The summed E-state index contributed by atoms with van der Waals surface area (Å²) >= 11 is 0. The Morgan fingerprint density at radius 1 is 1.32 bits per heavy atom. The predicted molar refractivity (Wildman–Crippen MR) is 79.4 cm³/mol. The summed E-state index contributed by atoms with van der Waals surface area (Å²) in [7, 11) is 1.98. The van der Waals surface area contributed by atoms with Crippen molar-refractivity contribution in [3.8, 4) is 5.75 Å². The van der Waals surface area contributed by atoms with Gasteiger partial charge in [0.1, 0.15) is 0 Å². The molecule has 2 N–H and O–H groups in total. The molecule has 4 heteroatoms. The average molecular weight is 268 g/mol. The molecule has 1 aromatic rings. The van der Waals surface area contributed by atoms with Crippen LogP contribution in [0.15, 0.2) is 12.1 Å². The van der Waals surface area contributed by atoms with Gasteiger partial charge in [0.05, 0.1) is 18.0 Å². The highest BCUT2D eigenvalue weighted by atomic mass is 19.1. The number of benzene rings is 1. The SMILES string of the molecule is CCCOc1cc(N(C)C(C)CCC)c(N)cc1F. The lowest BCUT2D eigenvalue weighted by atomic mass is 10.1. The van der Waals surface area contributed by atoms with Gasteiger partial charge in [-0.1, -0.05) is 20.3 Å². The first-order valence-corrected chi connectivity index (χ1v) is 6.95. The van der Waals surface area contributed by atoms with Gasteiger partial charge in [0.2, 0.25) is 0 Å². The molecule has 0 amide bonds. The van der Waals surface area contributed by atoms with Crippen LogP contribution >= 0.6 is 0 Å². The second-order valence-corrected chi connectivity index (χ2v) is 4.94. The van der Waals surface area contributed by atoms with Crippen LogP contribution in [0, 0.1) is 5.82 Å². The molecule has 1 atom stereocenters. The van der Waals surface area contributed by atoms with Gasteiger partial charge in [-0.3, -0.25) is 0 Å². The van der Waals surface area contributed by atoms with Gasteiger partial charge < -0.3 is 15.4 Å². The smallest absolute Gasteiger partial charge is 0.167 e. The molecule has 108 valence electrons. The van der Waals surface area contributed by atoms with E-state index in [0.29, 0.717) is 18.3 Å². The molecular formula is C15H25FN2O. The van der Waals surface area contributed by atoms with E-state index in [4.69, 9.17) is 10.5 Å². The second-order valence-electron chi connectivity index (χ2n) is 4.94. The summed E-state index contributed by atoms with van der Waals surface area (Å²) < 4.78 is 19.2. The lowest BCUT2D eigenvalue weighted by molar-refractivity contribution is 0.301. The minimum absolute atomic E-state index is 0.279. The van der Waals surface area contributed by atoms with E-state index in [1.54, 1.807) is 6.07 Å². The summed E-state index contributed by atoms with van der Waals surface area (Å²) in [6.45, 7) is 6.78. The number of halogens is 1. The van der Waals surface area contributed by atoms with Crippen molar-refractivity contribution in [1.29, 1.82) is 0 Å². The Hall–Kier alpha value is -1.45. The molecule has 1 aromatic carbocycles. The number of nitrogen functional groups attached to an aromatic ring is 1. The maximum Gasteiger partial charge on any atom is 0.167 e. The Morgan fingerprint density at radius 3 is 2.58 bits per heavy atom. The van der Waals surface area contributed by atoms with Crippen LogP contribution in [-0.2, 0) is 0 Å². The van der Waals surface area contributed by atoms with Gasteiger partial charge in [0.25, 0.3) is 0 Å². The van der Waals surface area contributed by atoms with Gasteiger partial charge >= 0.3 is 0 Å². The molecule has 0 aliphatic heterocycles. The van der Waals surface area contributed by atoms with Gasteiger partial charge in [-0.05, 0) is 19.8 Å². The van der Waals surface area contributed by atoms with Crippen molar-refractivity contribution in [2.45, 2.75) is 46.1 Å². The number of rotatable bonds is 7. The first-order chi connectivity index (χ1) is 9.01. The van der Waals surface area contributed by atoms with Crippen LogP contribution < -0.4 is 15.4 Å². The normalized spacial score (nSPS) is 12.3. The Balaban J connectivity index is 2.99. The fourth-order valence-corrected chi connectivity index (χ4v) is 2.03. The van der Waals surface area contributed by atoms with Crippen LogP contribution in [0.3, 0.4) is 0 Å². The van der Waals surface area contributed by atoms with E-state index in [1.165, 1.54) is 6.07 Å². The Labute approximate surface area is 115 Å². The van der Waals surface area contributed by atoms with Gasteiger partial charge in [-0.2, -0.15) is 0 Å². The van der Waals surface area contributed by atoms with E-state index in [0.717, 1.165) is 24.9 Å². The van der Waals surface area contributed by atoms with E-state index in [-0.39, 0.29) is 5.75 Å². The van der Waals surface area contributed by atoms with Gasteiger partial charge in [0, 0.05) is 25.2 Å². The predicted octanol–water partition coefficient (Wildman–Crippen LogP) is 3.82. The summed E-state index contributed by atoms with van der Waals surface area (Å²) in [6.07, 6.45) is 3.02. The topological polar surface area (TPSA) is 38.5 Å². The summed E-state index contributed by atoms with van der Waals surface area (Å²) in [6, 6.07) is 3.40. The second kappa shape index (κ2) is 7.22. The molecule has 0 saturated heterocycles. The quantitative estimate of drug-likeness (QED) is 0.764. The number of anilines is 2. The molecule has 0 saturated carbocycles. The minimum atomic E-state index is -0.397. The number of hydrogen-bond acceptors (Lipinski definition) is 3. The molecule has 19 heavy (non-hydrogen) atoms. The molecule has 0 fully saturated rings. The zero-order chi connectivity index (χ0) is 14.4. The summed E-state index contributed by atoms with van der Waals surface area (Å²) in [5, 5.41) is 0. The van der Waals surface area contributed by atoms with Crippen LogP contribution in [0.1, 0.15) is 40.0 Å². The highest BCUT2D eigenvalue weighted by Gasteiger charge is 2.15. The van der Waals surface area contributed by atoms with Gasteiger partial charge in [-0.15, -0.1) is 0 Å². The molecule has 0 heterocycles. The summed E-state index contributed by atoms with van der Waals surface area (Å²) in [5.41, 5.74) is 7.19. The molecule has 3 nitrogen and oxygen atoms in total. The van der Waals surface area contributed by atoms with Crippen molar-refractivity contribution in [2.75, 3.05) is 24.3 Å². The summed E-state index contributed by atoms with van der Waals surface area (Å²) in [5.74, 6) is -0.118. The Kier molecular flexibility index (Phi) is 5.93. The standard InChI is InChI=1S/C15H25FN2O/c1-5-7-11(3)18(4)14-10-15(19-8-6-2)12(16)9-13(14)17/h9-11H,5-8,17H2,1-4H3. The van der Waals surface area contributed by atoms with Crippen molar-refractivity contribution in [3.63, 3.8) is 0 Å². The van der Waals surface area contributed by atoms with E-state index in [1.807, 2.05) is 14.0 Å². The van der Waals surface area contributed by atoms with Crippen molar-refractivity contribution in [3.05, 3.63) is 17.9 Å². The van der Waals surface area contributed by atoms with Crippen molar-refractivity contribution in [2.24, 2.45) is 0 Å². The lowest BCUT2D eigenvalue weighted by Gasteiger charge is -2.28. The van der Waals surface area contributed by atoms with Crippen molar-refractivity contribution < 1.29 is 9.13 Å². The highest BCUT2D eigenvalue weighted by molar-refractivity contribution is 5.70. The van der Waals surface area contributed by atoms with Crippen molar-refractivity contribution in [1.82, 2.24) is 0 Å². The molecule has 0 aliphatic rings. The molecule has 0 aromatic heterocycles. The van der Waals surface area contributed by atoms with Gasteiger partial charge in [0.15, 0.2) is 11.6 Å². The third-order valence-electron chi connectivity index (χ3n) is 3.29. The maximum absolute atomic E-state index is 13.7. The third-order valence-corrected chi connectivity index (χ3v) is 3.29. The van der Waals surface area contributed by atoms with Crippen LogP contribution in [0.2, 0.25) is 0 Å². The van der Waals surface area contributed by atoms with E-state index < -0.39 is 5.82 Å². The van der Waals surface area contributed by atoms with E-state index >= 15 is 0 Å². The average Bonchev–Trinajstić information content (AvgIpc) is 2.37. The fraction of sp³-hybridized carbons (Fsp3) is 0.600. The summed E-state index contributed by atoms with van der Waals surface area (Å²) in [4.78, 5) is 2.08. The molecule has 1 rings (SSSR count). The zero-order valence-electron chi connectivity index (χ0n) is 12.4. The van der Waals surface area contributed by atoms with E-state index in [2.05, 4.69) is 18.7 Å². The zero-order valence-corrected chi connectivity index (χ0v) is 12.4. The molecule has 1 unspecified atom stereocenters. The molecule has 0 spiro atoms. The van der Waals surface area contributed by atoms with Crippen LogP contribution in [0.25, 0.3) is 0 Å². The Morgan fingerprint density at radius 2 is 2.00 bits per heavy atom. The number of ether oxygens (including phenoxy) is 1. The number of hydrogen-bond donors (Lipinski definition) is 1. The van der Waals surface area contributed by atoms with Gasteiger partial charge in [-0.25, -0.2) is 4.39 Å². The van der Waals surface area contributed by atoms with E-state index in [9.17, 15) is 4.39 Å². The van der Waals surface area contributed by atoms with Crippen LogP contribution in [0.4, 0.5) is 15.8 Å². The fourth-order valence-electron chi connectivity index (χ4n) is 2.03. The lowest BCUT2D eigenvalue weighted by Crippen LogP contribution is -2.29. The molecule has 0 bridgehead atoms. The van der Waals surface area contributed by atoms with Crippen LogP contribution in [0.5, 0.6) is 5.75 Å². The maximum atomic E-state index is 13.7.